The fraction of sp³-hybridized carbons (Fsp3) is 0.105. The predicted molar refractivity (Wildman–Crippen MR) is 104 cm³/mol. The Morgan fingerprint density at radius 1 is 1.12 bits per heavy atom. The molecular formula is C19H16BrNO2S. The van der Waals surface area contributed by atoms with Gasteiger partial charge in [0.25, 0.3) is 5.91 Å². The minimum atomic E-state index is -0.187. The van der Waals surface area contributed by atoms with Crippen molar-refractivity contribution in [3.63, 3.8) is 0 Å². The summed E-state index contributed by atoms with van der Waals surface area (Å²) in [5.74, 6) is 0.468. The van der Waals surface area contributed by atoms with Gasteiger partial charge in [0.15, 0.2) is 6.61 Å². The van der Waals surface area contributed by atoms with Crippen LogP contribution in [0.15, 0.2) is 70.0 Å². The number of thioether (sulfide) groups is 1. The van der Waals surface area contributed by atoms with Gasteiger partial charge in [0.1, 0.15) is 5.75 Å². The van der Waals surface area contributed by atoms with Crippen molar-refractivity contribution in [2.45, 2.75) is 4.90 Å². The van der Waals surface area contributed by atoms with E-state index in [2.05, 4.69) is 21.2 Å². The number of halogens is 1. The summed E-state index contributed by atoms with van der Waals surface area (Å²) in [6.07, 6.45) is 2.00. The summed E-state index contributed by atoms with van der Waals surface area (Å²) in [6.45, 7) is -0.0412. The molecule has 0 heterocycles. The molecule has 3 nitrogen and oxygen atoms in total. The maximum atomic E-state index is 12.1. The number of rotatable bonds is 5. The predicted octanol–water partition coefficient (Wildman–Crippen LogP) is 5.34. The van der Waals surface area contributed by atoms with Crippen molar-refractivity contribution in [2.75, 3.05) is 18.2 Å². The van der Waals surface area contributed by atoms with Crippen LogP contribution in [0.3, 0.4) is 0 Å². The molecule has 0 saturated heterocycles. The van der Waals surface area contributed by atoms with Crippen LogP contribution in [0.4, 0.5) is 5.69 Å². The van der Waals surface area contributed by atoms with Gasteiger partial charge in [0.2, 0.25) is 0 Å². The summed E-state index contributed by atoms with van der Waals surface area (Å²) in [4.78, 5) is 13.2. The van der Waals surface area contributed by atoms with Crippen LogP contribution in [0, 0.1) is 0 Å². The van der Waals surface area contributed by atoms with Crippen molar-refractivity contribution >= 4 is 50.1 Å². The minimum Gasteiger partial charge on any atom is -0.483 e. The highest BCUT2D eigenvalue weighted by molar-refractivity contribution is 9.10. The number of carbonyl (C=O) groups is 1. The minimum absolute atomic E-state index is 0.0412. The van der Waals surface area contributed by atoms with Gasteiger partial charge in [0.05, 0.1) is 4.47 Å². The molecule has 3 aromatic carbocycles. The fourth-order valence-corrected chi connectivity index (χ4v) is 3.43. The number of carbonyl (C=O) groups excluding carboxylic acids is 1. The Hall–Kier alpha value is -1.98. The molecule has 0 radical (unpaired) electrons. The molecule has 0 spiro atoms. The zero-order chi connectivity index (χ0) is 16.9. The highest BCUT2D eigenvalue weighted by Crippen LogP contribution is 2.33. The lowest BCUT2D eigenvalue weighted by molar-refractivity contribution is -0.118. The van der Waals surface area contributed by atoms with Gasteiger partial charge in [0, 0.05) is 10.6 Å². The van der Waals surface area contributed by atoms with Crippen molar-refractivity contribution in [1.29, 1.82) is 0 Å². The molecule has 24 heavy (non-hydrogen) atoms. The lowest BCUT2D eigenvalue weighted by Gasteiger charge is -2.11. The van der Waals surface area contributed by atoms with E-state index in [1.807, 2.05) is 66.9 Å². The molecule has 0 fully saturated rings. The second-order valence-corrected chi connectivity index (χ2v) is 6.84. The summed E-state index contributed by atoms with van der Waals surface area (Å²) >= 11 is 5.19. The van der Waals surface area contributed by atoms with Gasteiger partial charge in [-0.25, -0.2) is 0 Å². The van der Waals surface area contributed by atoms with Crippen LogP contribution in [-0.4, -0.2) is 18.8 Å². The zero-order valence-electron chi connectivity index (χ0n) is 13.1. The average Bonchev–Trinajstić information content (AvgIpc) is 2.61. The van der Waals surface area contributed by atoms with Crippen molar-refractivity contribution in [3.8, 4) is 5.75 Å². The lowest BCUT2D eigenvalue weighted by Crippen LogP contribution is -2.20. The summed E-state index contributed by atoms with van der Waals surface area (Å²) in [6, 6.07) is 19.6. The molecule has 0 aliphatic carbocycles. The van der Waals surface area contributed by atoms with Crippen molar-refractivity contribution in [2.24, 2.45) is 0 Å². The van der Waals surface area contributed by atoms with Crippen LogP contribution >= 0.6 is 27.7 Å². The Labute approximate surface area is 153 Å². The molecule has 3 aromatic rings. The van der Waals surface area contributed by atoms with Gasteiger partial charge in [-0.3, -0.25) is 4.79 Å². The zero-order valence-corrected chi connectivity index (χ0v) is 15.5. The molecule has 122 valence electrons. The van der Waals surface area contributed by atoms with E-state index in [9.17, 15) is 4.79 Å². The number of hydrogen-bond donors (Lipinski definition) is 1. The number of fused-ring (bicyclic) bond motifs is 1. The Kier molecular flexibility index (Phi) is 5.43. The molecule has 3 rings (SSSR count). The van der Waals surface area contributed by atoms with Crippen LogP contribution in [0.25, 0.3) is 10.8 Å². The molecule has 1 N–H and O–H groups in total. The van der Waals surface area contributed by atoms with Crippen LogP contribution < -0.4 is 10.1 Å². The maximum Gasteiger partial charge on any atom is 0.262 e. The first-order valence-electron chi connectivity index (χ1n) is 7.41. The number of amides is 1. The molecule has 0 aromatic heterocycles. The first kappa shape index (κ1) is 16.9. The number of ether oxygens (including phenoxy) is 1. The Morgan fingerprint density at radius 2 is 1.96 bits per heavy atom. The smallest absolute Gasteiger partial charge is 0.262 e. The first-order chi connectivity index (χ1) is 11.7. The second kappa shape index (κ2) is 7.73. The third-order valence-electron chi connectivity index (χ3n) is 3.54. The summed E-state index contributed by atoms with van der Waals surface area (Å²) in [5, 5.41) is 5.03. The lowest BCUT2D eigenvalue weighted by atomic mass is 10.1. The van der Waals surface area contributed by atoms with E-state index in [0.717, 1.165) is 25.8 Å². The summed E-state index contributed by atoms with van der Waals surface area (Å²) < 4.78 is 6.53. The monoisotopic (exact) mass is 401 g/mol. The van der Waals surface area contributed by atoms with Crippen molar-refractivity contribution < 1.29 is 9.53 Å². The molecule has 0 aliphatic rings. The Bertz CT molecular complexity index is 882. The molecule has 0 bridgehead atoms. The van der Waals surface area contributed by atoms with Gasteiger partial charge in [-0.2, -0.15) is 0 Å². The highest BCUT2D eigenvalue weighted by Gasteiger charge is 2.09. The van der Waals surface area contributed by atoms with Crippen LogP contribution in [-0.2, 0) is 4.79 Å². The SMILES string of the molecule is CSc1cccc(NC(=O)COc2ccc3ccccc3c2Br)c1. The van der Waals surface area contributed by atoms with Crippen molar-refractivity contribution in [3.05, 3.63) is 65.1 Å². The third-order valence-corrected chi connectivity index (χ3v) is 5.08. The van der Waals surface area contributed by atoms with Crippen LogP contribution in [0.5, 0.6) is 5.75 Å². The van der Waals surface area contributed by atoms with Gasteiger partial charge in [-0.15, -0.1) is 11.8 Å². The number of nitrogens with one attached hydrogen (secondary N) is 1. The molecule has 0 saturated carbocycles. The average molecular weight is 402 g/mol. The van der Waals surface area contributed by atoms with E-state index in [4.69, 9.17) is 4.74 Å². The van der Waals surface area contributed by atoms with E-state index >= 15 is 0 Å². The third kappa shape index (κ3) is 3.91. The number of benzene rings is 3. The molecular weight excluding hydrogens is 386 g/mol. The van der Waals surface area contributed by atoms with Gasteiger partial charge in [-0.1, -0.05) is 36.4 Å². The van der Waals surface area contributed by atoms with E-state index in [-0.39, 0.29) is 12.5 Å². The Balaban J connectivity index is 1.67. The summed E-state index contributed by atoms with van der Waals surface area (Å²) in [5.41, 5.74) is 0.771. The molecule has 5 heteroatoms. The maximum absolute atomic E-state index is 12.1. The van der Waals surface area contributed by atoms with Crippen molar-refractivity contribution in [1.82, 2.24) is 0 Å². The van der Waals surface area contributed by atoms with E-state index in [1.54, 1.807) is 11.8 Å². The molecule has 0 atom stereocenters. The van der Waals surface area contributed by atoms with E-state index in [1.165, 1.54) is 0 Å². The topological polar surface area (TPSA) is 38.3 Å². The fourth-order valence-electron chi connectivity index (χ4n) is 2.37. The Morgan fingerprint density at radius 3 is 2.79 bits per heavy atom. The molecule has 0 aliphatic heterocycles. The van der Waals surface area contributed by atoms with E-state index in [0.29, 0.717) is 5.75 Å². The summed E-state index contributed by atoms with van der Waals surface area (Å²) in [7, 11) is 0. The van der Waals surface area contributed by atoms with Crippen LogP contribution in [0.1, 0.15) is 0 Å². The van der Waals surface area contributed by atoms with Gasteiger partial charge < -0.3 is 10.1 Å². The highest BCUT2D eigenvalue weighted by atomic mass is 79.9. The standard InChI is InChI=1S/C19H16BrNO2S/c1-24-15-7-4-6-14(11-15)21-18(22)12-23-17-10-9-13-5-2-3-8-16(13)19(17)20/h2-11H,12H2,1H3,(H,21,22). The first-order valence-corrected chi connectivity index (χ1v) is 9.43. The normalized spacial score (nSPS) is 10.6. The largest absolute Gasteiger partial charge is 0.483 e. The second-order valence-electron chi connectivity index (χ2n) is 5.17. The number of hydrogen-bond acceptors (Lipinski definition) is 3. The van der Waals surface area contributed by atoms with Gasteiger partial charge in [-0.05, 0) is 57.2 Å². The molecule has 0 unspecified atom stereocenters. The molecule has 1 amide bonds. The van der Waals surface area contributed by atoms with Crippen LogP contribution in [0.2, 0.25) is 0 Å². The van der Waals surface area contributed by atoms with Gasteiger partial charge >= 0.3 is 0 Å². The van der Waals surface area contributed by atoms with E-state index < -0.39 is 0 Å². The quantitative estimate of drug-likeness (QED) is 0.586. The number of anilines is 1.